The van der Waals surface area contributed by atoms with Gasteiger partial charge in [0.1, 0.15) is 5.54 Å². The van der Waals surface area contributed by atoms with Crippen LogP contribution < -0.4 is 5.32 Å². The van der Waals surface area contributed by atoms with E-state index in [1.165, 1.54) is 0 Å². The van der Waals surface area contributed by atoms with Crippen molar-refractivity contribution in [1.82, 2.24) is 15.1 Å². The van der Waals surface area contributed by atoms with Gasteiger partial charge in [-0.05, 0) is 65.8 Å². The van der Waals surface area contributed by atoms with Crippen LogP contribution in [0, 0.1) is 5.92 Å². The van der Waals surface area contributed by atoms with Crippen molar-refractivity contribution in [3.05, 3.63) is 0 Å². The second-order valence-corrected chi connectivity index (χ2v) is 6.27. The molecule has 1 aliphatic heterocycles. The quantitative estimate of drug-likeness (QED) is 0.734. The second kappa shape index (κ2) is 5.77. The van der Waals surface area contributed by atoms with E-state index in [2.05, 4.69) is 29.2 Å². The third-order valence-electron chi connectivity index (χ3n) is 4.86. The van der Waals surface area contributed by atoms with Gasteiger partial charge in [0.2, 0.25) is 0 Å². The smallest absolute Gasteiger partial charge is 0.325 e. The Balaban J connectivity index is 1.94. The predicted octanol–water partition coefficient (Wildman–Crippen LogP) is 0.465. The molecule has 1 aliphatic carbocycles. The van der Waals surface area contributed by atoms with Gasteiger partial charge >= 0.3 is 5.97 Å². The molecule has 5 nitrogen and oxygen atoms in total. The Kier molecular flexibility index (Phi) is 4.48. The zero-order chi connectivity index (χ0) is 14.0. The highest BCUT2D eigenvalue weighted by Gasteiger charge is 2.51. The van der Waals surface area contributed by atoms with Crippen LogP contribution in [0.3, 0.4) is 0 Å². The van der Waals surface area contributed by atoms with E-state index in [1.807, 2.05) is 0 Å². The van der Waals surface area contributed by atoms with E-state index in [1.54, 1.807) is 7.05 Å². The molecule has 1 atom stereocenters. The van der Waals surface area contributed by atoms with E-state index < -0.39 is 11.5 Å². The summed E-state index contributed by atoms with van der Waals surface area (Å²) >= 11 is 0. The monoisotopic (exact) mass is 269 g/mol. The minimum atomic E-state index is -0.731. The Bertz CT molecular complexity index is 323. The van der Waals surface area contributed by atoms with Crippen molar-refractivity contribution in [3.63, 3.8) is 0 Å². The molecule has 0 spiro atoms. The Morgan fingerprint density at radius 2 is 1.89 bits per heavy atom. The fourth-order valence-electron chi connectivity index (χ4n) is 3.28. The van der Waals surface area contributed by atoms with Crippen molar-refractivity contribution in [2.45, 2.75) is 37.3 Å². The number of likely N-dealkylation sites (tertiary alicyclic amines) is 1. The number of carboxylic acid groups (broad SMARTS) is 1. The third kappa shape index (κ3) is 3.09. The number of likely N-dealkylation sites (N-methyl/N-ethyl adjacent to an activating group) is 1. The van der Waals surface area contributed by atoms with Crippen LogP contribution in [0.4, 0.5) is 0 Å². The fourth-order valence-corrected chi connectivity index (χ4v) is 3.28. The van der Waals surface area contributed by atoms with Gasteiger partial charge in [-0.2, -0.15) is 0 Å². The van der Waals surface area contributed by atoms with Crippen LogP contribution in [0.1, 0.15) is 25.7 Å². The molecule has 2 N–H and O–H groups in total. The van der Waals surface area contributed by atoms with Crippen LogP contribution >= 0.6 is 0 Å². The standard InChI is InChI=1S/C14H27N3O2/c1-15-14(13(18)19,11-4-5-11)10-17-8-6-12(7-9-17)16(2)3/h11-12,15H,4-10H2,1-3H3,(H,18,19). The van der Waals surface area contributed by atoms with Crippen LogP contribution in [0.25, 0.3) is 0 Å². The van der Waals surface area contributed by atoms with Gasteiger partial charge in [0.15, 0.2) is 0 Å². The number of carbonyl (C=O) groups is 1. The van der Waals surface area contributed by atoms with E-state index in [0.717, 1.165) is 38.8 Å². The lowest BCUT2D eigenvalue weighted by atomic mass is 9.91. The number of aliphatic carboxylic acids is 1. The first-order valence-corrected chi connectivity index (χ1v) is 7.30. The van der Waals surface area contributed by atoms with Crippen molar-refractivity contribution in [3.8, 4) is 0 Å². The van der Waals surface area contributed by atoms with Crippen LogP contribution in [0.2, 0.25) is 0 Å². The van der Waals surface area contributed by atoms with Crippen molar-refractivity contribution < 1.29 is 9.90 Å². The summed E-state index contributed by atoms with van der Waals surface area (Å²) < 4.78 is 0. The molecule has 0 radical (unpaired) electrons. The van der Waals surface area contributed by atoms with Gasteiger partial charge in [-0.25, -0.2) is 0 Å². The SMILES string of the molecule is CNC(CN1CCC(N(C)C)CC1)(C(=O)O)C1CC1. The summed E-state index contributed by atoms with van der Waals surface area (Å²) in [6.07, 6.45) is 4.36. The molecule has 2 rings (SSSR count). The molecule has 1 saturated heterocycles. The van der Waals surface area contributed by atoms with Crippen molar-refractivity contribution in [2.75, 3.05) is 40.8 Å². The van der Waals surface area contributed by atoms with Gasteiger partial charge in [-0.1, -0.05) is 0 Å². The van der Waals surface area contributed by atoms with Gasteiger partial charge < -0.3 is 20.2 Å². The predicted molar refractivity (Wildman–Crippen MR) is 75.3 cm³/mol. The molecule has 19 heavy (non-hydrogen) atoms. The maximum absolute atomic E-state index is 11.7. The Labute approximate surface area is 115 Å². The number of rotatable bonds is 6. The van der Waals surface area contributed by atoms with E-state index in [9.17, 15) is 9.90 Å². The van der Waals surface area contributed by atoms with Gasteiger partial charge in [0.05, 0.1) is 0 Å². The highest BCUT2D eigenvalue weighted by atomic mass is 16.4. The molecule has 5 heteroatoms. The summed E-state index contributed by atoms with van der Waals surface area (Å²) in [5, 5.41) is 12.7. The number of hydrogen-bond acceptors (Lipinski definition) is 4. The summed E-state index contributed by atoms with van der Waals surface area (Å²) in [4.78, 5) is 16.3. The van der Waals surface area contributed by atoms with E-state index in [4.69, 9.17) is 0 Å². The highest BCUT2D eigenvalue weighted by molar-refractivity contribution is 5.80. The Morgan fingerprint density at radius 1 is 1.32 bits per heavy atom. The largest absolute Gasteiger partial charge is 0.480 e. The average Bonchev–Trinajstić information content (AvgIpc) is 3.20. The Morgan fingerprint density at radius 3 is 2.26 bits per heavy atom. The van der Waals surface area contributed by atoms with Crippen LogP contribution in [0.5, 0.6) is 0 Å². The molecule has 0 bridgehead atoms. The number of nitrogens with zero attached hydrogens (tertiary/aromatic N) is 2. The normalized spacial score (nSPS) is 25.5. The summed E-state index contributed by atoms with van der Waals surface area (Å²) in [7, 11) is 6.04. The molecule has 1 heterocycles. The minimum Gasteiger partial charge on any atom is -0.480 e. The van der Waals surface area contributed by atoms with Gasteiger partial charge in [0.25, 0.3) is 0 Å². The van der Waals surface area contributed by atoms with Crippen LogP contribution in [-0.2, 0) is 4.79 Å². The van der Waals surface area contributed by atoms with E-state index >= 15 is 0 Å². The molecule has 0 amide bonds. The van der Waals surface area contributed by atoms with Gasteiger partial charge in [-0.3, -0.25) is 4.79 Å². The zero-order valence-corrected chi connectivity index (χ0v) is 12.4. The molecule has 110 valence electrons. The molecule has 2 aliphatic rings. The molecule has 2 fully saturated rings. The maximum Gasteiger partial charge on any atom is 0.325 e. The average molecular weight is 269 g/mol. The molecule has 0 aromatic rings. The summed E-state index contributed by atoms with van der Waals surface area (Å²) in [5.41, 5.74) is -0.731. The lowest BCUT2D eigenvalue weighted by Gasteiger charge is -2.40. The molecular formula is C14H27N3O2. The first-order chi connectivity index (χ1) is 8.99. The number of hydrogen-bond donors (Lipinski definition) is 2. The van der Waals surface area contributed by atoms with E-state index in [-0.39, 0.29) is 0 Å². The summed E-state index contributed by atoms with van der Waals surface area (Å²) in [6, 6.07) is 0.644. The lowest BCUT2D eigenvalue weighted by Crippen LogP contribution is -2.60. The first kappa shape index (κ1) is 14.8. The van der Waals surface area contributed by atoms with Crippen molar-refractivity contribution in [1.29, 1.82) is 0 Å². The van der Waals surface area contributed by atoms with Crippen molar-refractivity contribution in [2.24, 2.45) is 5.92 Å². The van der Waals surface area contributed by atoms with Gasteiger partial charge in [0, 0.05) is 12.6 Å². The van der Waals surface area contributed by atoms with E-state index in [0.29, 0.717) is 18.5 Å². The van der Waals surface area contributed by atoms with Crippen LogP contribution in [0.15, 0.2) is 0 Å². The highest BCUT2D eigenvalue weighted by Crippen LogP contribution is 2.40. The number of nitrogens with one attached hydrogen (secondary N) is 1. The summed E-state index contributed by atoms with van der Waals surface area (Å²) in [5.74, 6) is -0.381. The van der Waals surface area contributed by atoms with Crippen molar-refractivity contribution >= 4 is 5.97 Å². The zero-order valence-electron chi connectivity index (χ0n) is 12.4. The first-order valence-electron chi connectivity index (χ1n) is 7.30. The lowest BCUT2D eigenvalue weighted by molar-refractivity contribution is -0.147. The number of carboxylic acids is 1. The Hall–Kier alpha value is -0.650. The molecule has 1 unspecified atom stereocenters. The number of piperidine rings is 1. The fraction of sp³-hybridized carbons (Fsp3) is 0.929. The topological polar surface area (TPSA) is 55.8 Å². The second-order valence-electron chi connectivity index (χ2n) is 6.27. The minimum absolute atomic E-state index is 0.307. The third-order valence-corrected chi connectivity index (χ3v) is 4.86. The molecule has 1 saturated carbocycles. The molecular weight excluding hydrogens is 242 g/mol. The molecule has 0 aromatic carbocycles. The summed E-state index contributed by atoms with van der Waals surface area (Å²) in [6.45, 7) is 2.65. The maximum atomic E-state index is 11.7. The van der Waals surface area contributed by atoms with Crippen LogP contribution in [-0.4, -0.2) is 73.2 Å². The van der Waals surface area contributed by atoms with Gasteiger partial charge in [-0.15, -0.1) is 0 Å². The molecule has 0 aromatic heterocycles.